The molecule has 0 aliphatic rings. The van der Waals surface area contributed by atoms with Crippen molar-refractivity contribution in [1.29, 1.82) is 0 Å². The van der Waals surface area contributed by atoms with Gasteiger partial charge in [0.1, 0.15) is 5.75 Å². The predicted octanol–water partition coefficient (Wildman–Crippen LogP) is 1.99. The van der Waals surface area contributed by atoms with Crippen molar-refractivity contribution in [1.82, 2.24) is 4.98 Å². The van der Waals surface area contributed by atoms with Crippen LogP contribution in [0.15, 0.2) is 12.3 Å². The highest BCUT2D eigenvalue weighted by Crippen LogP contribution is 2.23. The average Bonchev–Trinajstić information content (AvgIpc) is 2.16. The summed E-state index contributed by atoms with van der Waals surface area (Å²) < 4.78 is 10.1. The molecule has 0 unspecified atom stereocenters. The van der Waals surface area contributed by atoms with E-state index in [0.717, 1.165) is 16.6 Å². The Labute approximate surface area is 79.8 Å². The van der Waals surface area contributed by atoms with Gasteiger partial charge in [0.15, 0.2) is 0 Å². The van der Waals surface area contributed by atoms with Crippen molar-refractivity contribution < 1.29 is 9.47 Å². The van der Waals surface area contributed by atoms with Crippen LogP contribution in [0.1, 0.15) is 5.56 Å². The van der Waals surface area contributed by atoms with Crippen LogP contribution in [0.5, 0.6) is 11.6 Å². The number of ether oxygens (including phenoxy) is 2. The summed E-state index contributed by atoms with van der Waals surface area (Å²) in [5.74, 6) is 1.36. The van der Waals surface area contributed by atoms with Crippen molar-refractivity contribution in [3.63, 3.8) is 0 Å². The molecule has 0 amide bonds. The van der Waals surface area contributed by atoms with Crippen LogP contribution in [-0.2, 0) is 5.33 Å². The van der Waals surface area contributed by atoms with E-state index in [1.807, 2.05) is 0 Å². The highest BCUT2D eigenvalue weighted by Gasteiger charge is 2.03. The monoisotopic (exact) mass is 231 g/mol. The summed E-state index contributed by atoms with van der Waals surface area (Å²) in [4.78, 5) is 4.04. The maximum atomic E-state index is 5.13. The molecule has 0 N–H and O–H groups in total. The van der Waals surface area contributed by atoms with Gasteiger partial charge in [0.25, 0.3) is 0 Å². The number of nitrogens with zero attached hydrogens (tertiary/aromatic N) is 1. The van der Waals surface area contributed by atoms with Crippen LogP contribution in [0, 0.1) is 0 Å². The first-order chi connectivity index (χ1) is 5.81. The Kier molecular flexibility index (Phi) is 3.34. The maximum absolute atomic E-state index is 5.13. The Morgan fingerprint density at radius 1 is 1.42 bits per heavy atom. The molecule has 0 fully saturated rings. The minimum atomic E-state index is 0.566. The molecule has 0 spiro atoms. The minimum absolute atomic E-state index is 0.566. The second-order valence-electron chi connectivity index (χ2n) is 2.17. The van der Waals surface area contributed by atoms with E-state index in [-0.39, 0.29) is 0 Å². The van der Waals surface area contributed by atoms with Crippen molar-refractivity contribution in [3.05, 3.63) is 17.8 Å². The van der Waals surface area contributed by atoms with Crippen molar-refractivity contribution >= 4 is 15.9 Å². The summed E-state index contributed by atoms with van der Waals surface area (Å²) in [6, 6.07) is 1.76. The van der Waals surface area contributed by atoms with Crippen molar-refractivity contribution in [3.8, 4) is 11.6 Å². The van der Waals surface area contributed by atoms with Gasteiger partial charge in [0.05, 0.1) is 14.2 Å². The molecule has 12 heavy (non-hydrogen) atoms. The first kappa shape index (κ1) is 9.32. The van der Waals surface area contributed by atoms with Gasteiger partial charge in [-0.1, -0.05) is 15.9 Å². The molecule has 0 saturated carbocycles. The molecule has 0 aliphatic carbocycles. The van der Waals surface area contributed by atoms with Gasteiger partial charge < -0.3 is 9.47 Å². The topological polar surface area (TPSA) is 31.4 Å². The third-order valence-electron chi connectivity index (χ3n) is 1.49. The quantitative estimate of drug-likeness (QED) is 0.747. The lowest BCUT2D eigenvalue weighted by molar-refractivity contribution is 0.380. The van der Waals surface area contributed by atoms with Crippen molar-refractivity contribution in [2.75, 3.05) is 14.2 Å². The number of rotatable bonds is 3. The lowest BCUT2D eigenvalue weighted by atomic mass is 10.3. The SMILES string of the molecule is COc1cc(OC)c(CBr)cn1. The highest BCUT2D eigenvalue weighted by atomic mass is 79.9. The third-order valence-corrected chi connectivity index (χ3v) is 2.10. The van der Waals surface area contributed by atoms with E-state index in [4.69, 9.17) is 9.47 Å². The molecule has 1 heterocycles. The molecule has 1 aromatic heterocycles. The molecule has 1 aromatic rings. The highest BCUT2D eigenvalue weighted by molar-refractivity contribution is 9.08. The number of alkyl halides is 1. The van der Waals surface area contributed by atoms with Gasteiger partial charge in [-0.3, -0.25) is 0 Å². The second kappa shape index (κ2) is 4.30. The predicted molar refractivity (Wildman–Crippen MR) is 50.0 cm³/mol. The Balaban J connectivity index is 3.02. The molecule has 4 heteroatoms. The van der Waals surface area contributed by atoms with E-state index in [0.29, 0.717) is 5.88 Å². The summed E-state index contributed by atoms with van der Waals surface area (Å²) in [6.45, 7) is 0. The molecule has 0 atom stereocenters. The summed E-state index contributed by atoms with van der Waals surface area (Å²) in [5, 5.41) is 0.729. The Bertz CT molecular complexity index is 265. The van der Waals surface area contributed by atoms with Crippen molar-refractivity contribution in [2.24, 2.45) is 0 Å². The number of hydrogen-bond donors (Lipinski definition) is 0. The molecule has 0 aromatic carbocycles. The zero-order valence-electron chi connectivity index (χ0n) is 7.00. The van der Waals surface area contributed by atoms with Gasteiger partial charge in [-0.05, 0) is 0 Å². The van der Waals surface area contributed by atoms with E-state index < -0.39 is 0 Å². The van der Waals surface area contributed by atoms with Crippen LogP contribution < -0.4 is 9.47 Å². The van der Waals surface area contributed by atoms with Gasteiger partial charge in [-0.15, -0.1) is 0 Å². The second-order valence-corrected chi connectivity index (χ2v) is 2.73. The minimum Gasteiger partial charge on any atom is -0.496 e. The number of halogens is 1. The number of aromatic nitrogens is 1. The van der Waals surface area contributed by atoms with Crippen LogP contribution in [0.4, 0.5) is 0 Å². The summed E-state index contributed by atoms with van der Waals surface area (Å²) >= 11 is 3.33. The summed E-state index contributed by atoms with van der Waals surface area (Å²) in [7, 11) is 3.20. The zero-order valence-corrected chi connectivity index (χ0v) is 8.59. The lowest BCUT2D eigenvalue weighted by Crippen LogP contribution is -1.93. The molecule has 3 nitrogen and oxygen atoms in total. The Morgan fingerprint density at radius 2 is 2.17 bits per heavy atom. The van der Waals surface area contributed by atoms with Gasteiger partial charge in [-0.25, -0.2) is 4.98 Å². The van der Waals surface area contributed by atoms with E-state index in [9.17, 15) is 0 Å². The van der Waals surface area contributed by atoms with E-state index >= 15 is 0 Å². The zero-order chi connectivity index (χ0) is 8.97. The normalized spacial score (nSPS) is 9.58. The first-order valence-electron chi connectivity index (χ1n) is 3.44. The lowest BCUT2D eigenvalue weighted by Gasteiger charge is -2.06. The summed E-state index contributed by atoms with van der Waals surface area (Å²) in [6.07, 6.45) is 1.73. The molecule has 66 valence electrons. The molecular weight excluding hydrogens is 222 g/mol. The van der Waals surface area contributed by atoms with Crippen LogP contribution in [0.3, 0.4) is 0 Å². The van der Waals surface area contributed by atoms with E-state index in [1.54, 1.807) is 26.5 Å². The molecule has 0 bridgehead atoms. The summed E-state index contributed by atoms with van der Waals surface area (Å²) in [5.41, 5.74) is 1.01. The molecule has 1 rings (SSSR count). The van der Waals surface area contributed by atoms with Gasteiger partial charge >= 0.3 is 0 Å². The average molecular weight is 232 g/mol. The van der Waals surface area contributed by atoms with Gasteiger partial charge in [-0.2, -0.15) is 0 Å². The molecule has 0 saturated heterocycles. The van der Waals surface area contributed by atoms with E-state index in [1.165, 1.54) is 0 Å². The Morgan fingerprint density at radius 3 is 2.67 bits per heavy atom. The fraction of sp³-hybridized carbons (Fsp3) is 0.375. The standard InChI is InChI=1S/C8H10BrNO2/c1-11-7-3-8(12-2)10-5-6(7)4-9/h3,5H,4H2,1-2H3. The number of methoxy groups -OCH3 is 2. The van der Waals surface area contributed by atoms with Crippen molar-refractivity contribution in [2.45, 2.75) is 5.33 Å². The molecular formula is C8H10BrNO2. The maximum Gasteiger partial charge on any atom is 0.216 e. The number of hydrogen-bond acceptors (Lipinski definition) is 3. The van der Waals surface area contributed by atoms with Gasteiger partial charge in [0, 0.05) is 23.2 Å². The Hall–Kier alpha value is -0.770. The number of pyridine rings is 1. The smallest absolute Gasteiger partial charge is 0.216 e. The van der Waals surface area contributed by atoms with Crippen LogP contribution in [0.25, 0.3) is 0 Å². The van der Waals surface area contributed by atoms with E-state index in [2.05, 4.69) is 20.9 Å². The fourth-order valence-corrected chi connectivity index (χ4v) is 1.27. The largest absolute Gasteiger partial charge is 0.496 e. The van der Waals surface area contributed by atoms with Crippen LogP contribution in [-0.4, -0.2) is 19.2 Å². The third kappa shape index (κ3) is 1.88. The van der Waals surface area contributed by atoms with Crippen LogP contribution >= 0.6 is 15.9 Å². The first-order valence-corrected chi connectivity index (χ1v) is 4.56. The molecule has 0 radical (unpaired) electrons. The molecule has 0 aliphatic heterocycles. The van der Waals surface area contributed by atoms with Gasteiger partial charge in [0.2, 0.25) is 5.88 Å². The fourth-order valence-electron chi connectivity index (χ4n) is 0.849. The van der Waals surface area contributed by atoms with Crippen LogP contribution in [0.2, 0.25) is 0 Å².